The molecule has 0 saturated heterocycles. The number of rotatable bonds is 4. The molecule has 5 heteroatoms. The third-order valence-corrected chi connectivity index (χ3v) is 4.67. The van der Waals surface area contributed by atoms with Gasteiger partial charge in [-0.25, -0.2) is 4.79 Å². The average molecular weight is 354 g/mol. The Morgan fingerprint density at radius 2 is 1.96 bits per heavy atom. The molecule has 1 aromatic heterocycles. The molecule has 1 aliphatic rings. The van der Waals surface area contributed by atoms with Gasteiger partial charge in [0, 0.05) is 16.5 Å². The summed E-state index contributed by atoms with van der Waals surface area (Å²) in [7, 11) is 0. The molecule has 1 amide bonds. The molecule has 4 nitrogen and oxygen atoms in total. The minimum atomic E-state index is -0.607. The van der Waals surface area contributed by atoms with E-state index in [0.717, 1.165) is 29.4 Å². The summed E-state index contributed by atoms with van der Waals surface area (Å²) < 4.78 is 5.30. The topological polar surface area (TPSA) is 59.3 Å². The van der Waals surface area contributed by atoms with E-state index in [2.05, 4.69) is 5.32 Å². The number of fused-ring (bicyclic) bond motifs is 1. The zero-order valence-corrected chi connectivity index (χ0v) is 14.2. The van der Waals surface area contributed by atoms with E-state index in [-0.39, 0.29) is 17.5 Å². The molecule has 1 aliphatic carbocycles. The number of nitrogens with one attached hydrogen (secondary N) is 1. The van der Waals surface area contributed by atoms with Crippen LogP contribution in [0, 0.1) is 0 Å². The van der Waals surface area contributed by atoms with Crippen molar-refractivity contribution in [2.24, 2.45) is 0 Å². The van der Waals surface area contributed by atoms with Crippen LogP contribution in [0.3, 0.4) is 0 Å². The molecule has 25 heavy (non-hydrogen) atoms. The minimum Gasteiger partial charge on any atom is -0.422 e. The number of hydrogen-bond acceptors (Lipinski definition) is 3. The third kappa shape index (κ3) is 3.44. The van der Waals surface area contributed by atoms with Gasteiger partial charge in [0.15, 0.2) is 0 Å². The van der Waals surface area contributed by atoms with Gasteiger partial charge in [0.1, 0.15) is 11.1 Å². The van der Waals surface area contributed by atoms with Gasteiger partial charge in [-0.15, -0.1) is 0 Å². The van der Waals surface area contributed by atoms with Gasteiger partial charge in [0.2, 0.25) is 0 Å². The van der Waals surface area contributed by atoms with Crippen molar-refractivity contribution < 1.29 is 9.21 Å². The van der Waals surface area contributed by atoms with Gasteiger partial charge in [0.05, 0.1) is 0 Å². The normalized spacial score (nSPS) is 13.8. The van der Waals surface area contributed by atoms with Gasteiger partial charge in [-0.1, -0.05) is 35.9 Å². The molecule has 1 heterocycles. The number of carbonyl (C=O) groups is 1. The highest BCUT2D eigenvalue weighted by molar-refractivity contribution is 6.31. The first-order valence-corrected chi connectivity index (χ1v) is 8.59. The fourth-order valence-corrected chi connectivity index (χ4v) is 3.00. The van der Waals surface area contributed by atoms with Gasteiger partial charge >= 0.3 is 5.63 Å². The Balaban J connectivity index is 1.69. The number of halogens is 1. The minimum absolute atomic E-state index is 0.0503. The molecule has 0 bridgehead atoms. The maximum atomic E-state index is 12.2. The van der Waals surface area contributed by atoms with Crippen molar-refractivity contribution in [2.45, 2.75) is 25.3 Å². The van der Waals surface area contributed by atoms with Crippen molar-refractivity contribution in [3.8, 4) is 0 Å². The van der Waals surface area contributed by atoms with Crippen LogP contribution in [0.5, 0.6) is 0 Å². The number of hydrogen-bond donors (Lipinski definition) is 1. The first-order valence-electron chi connectivity index (χ1n) is 8.21. The van der Waals surface area contributed by atoms with Gasteiger partial charge in [-0.2, -0.15) is 0 Å². The van der Waals surface area contributed by atoms with Crippen LogP contribution in [-0.2, 0) is 6.42 Å². The van der Waals surface area contributed by atoms with E-state index in [1.165, 1.54) is 0 Å². The van der Waals surface area contributed by atoms with Gasteiger partial charge < -0.3 is 9.73 Å². The van der Waals surface area contributed by atoms with Crippen LogP contribution in [0.2, 0.25) is 5.02 Å². The smallest absolute Gasteiger partial charge is 0.349 e. The van der Waals surface area contributed by atoms with E-state index >= 15 is 0 Å². The zero-order chi connectivity index (χ0) is 17.4. The Morgan fingerprint density at radius 3 is 2.72 bits per heavy atom. The molecule has 1 N–H and O–H groups in total. The number of carbonyl (C=O) groups excluding carboxylic acids is 1. The third-order valence-electron chi connectivity index (χ3n) is 4.31. The summed E-state index contributed by atoms with van der Waals surface area (Å²) >= 11 is 6.22. The monoisotopic (exact) mass is 353 g/mol. The predicted octanol–water partition coefficient (Wildman–Crippen LogP) is 3.93. The molecule has 1 fully saturated rings. The quantitative estimate of drug-likeness (QED) is 0.723. The standard InChI is InChI=1S/C20H16ClNO3/c21-17-4-2-1-3-13(17)9-12-5-8-18-14(10-12)11-16(20(24)25-18)19(23)22-15-6-7-15/h1-5,8,10-11,15H,6-7,9H2,(H,22,23). The van der Waals surface area contributed by atoms with Crippen LogP contribution in [-0.4, -0.2) is 11.9 Å². The average Bonchev–Trinajstić information content (AvgIpc) is 3.40. The summed E-state index contributed by atoms with van der Waals surface area (Å²) in [5.74, 6) is -0.366. The lowest BCUT2D eigenvalue weighted by atomic mass is 10.0. The molecule has 0 aliphatic heterocycles. The highest BCUT2D eigenvalue weighted by Gasteiger charge is 2.25. The van der Waals surface area contributed by atoms with Crippen molar-refractivity contribution in [1.29, 1.82) is 0 Å². The Morgan fingerprint density at radius 1 is 1.16 bits per heavy atom. The van der Waals surface area contributed by atoms with Gasteiger partial charge in [0.25, 0.3) is 5.91 Å². The van der Waals surface area contributed by atoms with E-state index in [1.807, 2.05) is 36.4 Å². The van der Waals surface area contributed by atoms with E-state index in [0.29, 0.717) is 17.0 Å². The van der Waals surface area contributed by atoms with Crippen molar-refractivity contribution in [2.75, 3.05) is 0 Å². The number of amides is 1. The summed E-state index contributed by atoms with van der Waals surface area (Å²) in [6, 6.07) is 15.1. The molecule has 0 unspecified atom stereocenters. The van der Waals surface area contributed by atoms with Gasteiger partial charge in [-0.3, -0.25) is 4.79 Å². The molecular formula is C20H16ClNO3. The lowest BCUT2D eigenvalue weighted by Crippen LogP contribution is -2.29. The molecule has 0 spiro atoms. The fourth-order valence-electron chi connectivity index (χ4n) is 2.79. The highest BCUT2D eigenvalue weighted by atomic mass is 35.5. The summed E-state index contributed by atoms with van der Waals surface area (Å²) in [6.45, 7) is 0. The largest absolute Gasteiger partial charge is 0.422 e. The molecule has 0 atom stereocenters. The molecule has 126 valence electrons. The summed E-state index contributed by atoms with van der Waals surface area (Å²) in [5, 5.41) is 4.26. The Hall–Kier alpha value is -2.59. The highest BCUT2D eigenvalue weighted by Crippen LogP contribution is 2.23. The lowest BCUT2D eigenvalue weighted by Gasteiger charge is -2.07. The second-order valence-electron chi connectivity index (χ2n) is 6.34. The second kappa shape index (κ2) is 6.37. The fraction of sp³-hybridized carbons (Fsp3) is 0.200. The van der Waals surface area contributed by atoms with Crippen LogP contribution in [0.4, 0.5) is 0 Å². The van der Waals surface area contributed by atoms with Crippen LogP contribution < -0.4 is 10.9 Å². The van der Waals surface area contributed by atoms with Crippen LogP contribution in [0.1, 0.15) is 34.3 Å². The van der Waals surface area contributed by atoms with Crippen molar-refractivity contribution in [3.05, 3.63) is 80.7 Å². The van der Waals surface area contributed by atoms with Crippen LogP contribution in [0.15, 0.2) is 57.7 Å². The SMILES string of the molecule is O=C(NC1CC1)c1cc2cc(Cc3ccccc3Cl)ccc2oc1=O. The van der Waals surface area contributed by atoms with Crippen molar-refractivity contribution in [1.82, 2.24) is 5.32 Å². The summed E-state index contributed by atoms with van der Waals surface area (Å²) in [6.07, 6.45) is 2.59. The molecule has 2 aromatic carbocycles. The van der Waals surface area contributed by atoms with Crippen LogP contribution >= 0.6 is 11.6 Å². The predicted molar refractivity (Wildman–Crippen MR) is 97.2 cm³/mol. The number of benzene rings is 2. The molecule has 4 rings (SSSR count). The maximum Gasteiger partial charge on any atom is 0.349 e. The first-order chi connectivity index (χ1) is 12.1. The Kier molecular flexibility index (Phi) is 4.06. The molecule has 0 radical (unpaired) electrons. The molecular weight excluding hydrogens is 338 g/mol. The van der Waals surface area contributed by atoms with Crippen molar-refractivity contribution in [3.63, 3.8) is 0 Å². The maximum absolute atomic E-state index is 12.2. The Bertz CT molecular complexity index is 1020. The summed E-state index contributed by atoms with van der Waals surface area (Å²) in [5.41, 5.74) is 1.96. The van der Waals surface area contributed by atoms with E-state index in [1.54, 1.807) is 12.1 Å². The van der Waals surface area contributed by atoms with Crippen LogP contribution in [0.25, 0.3) is 11.0 Å². The van der Waals surface area contributed by atoms with Crippen molar-refractivity contribution >= 4 is 28.5 Å². The van der Waals surface area contributed by atoms with E-state index in [9.17, 15) is 9.59 Å². The molecule has 3 aromatic rings. The Labute approximate surface area is 149 Å². The van der Waals surface area contributed by atoms with E-state index in [4.69, 9.17) is 16.0 Å². The molecule has 1 saturated carbocycles. The van der Waals surface area contributed by atoms with E-state index < -0.39 is 5.63 Å². The second-order valence-corrected chi connectivity index (χ2v) is 6.74. The lowest BCUT2D eigenvalue weighted by molar-refractivity contribution is 0.0947. The summed E-state index contributed by atoms with van der Waals surface area (Å²) in [4.78, 5) is 24.2. The van der Waals surface area contributed by atoms with Gasteiger partial charge in [-0.05, 0) is 54.7 Å². The zero-order valence-electron chi connectivity index (χ0n) is 13.4. The first kappa shape index (κ1) is 15.9.